The fourth-order valence-corrected chi connectivity index (χ4v) is 5.86. The minimum atomic E-state index is -3.19. The Bertz CT molecular complexity index is 1080. The van der Waals surface area contributed by atoms with E-state index in [9.17, 15) is 13.7 Å². The van der Waals surface area contributed by atoms with E-state index in [1.54, 1.807) is 30.3 Å². The SMILES string of the molecule is CS(=O)(=O)c1ccc(OC[C@@H]2CC3CCC[C@H](Cc4cc(Cl)cc(C#N)c4)N3C2)cc1. The van der Waals surface area contributed by atoms with E-state index in [0.29, 0.717) is 45.8 Å². The van der Waals surface area contributed by atoms with E-state index in [2.05, 4.69) is 11.0 Å². The van der Waals surface area contributed by atoms with Crippen molar-refractivity contribution in [2.24, 2.45) is 5.92 Å². The van der Waals surface area contributed by atoms with Crippen molar-refractivity contribution in [3.8, 4) is 11.8 Å². The van der Waals surface area contributed by atoms with Gasteiger partial charge in [-0.15, -0.1) is 0 Å². The van der Waals surface area contributed by atoms with Crippen molar-refractivity contribution in [1.29, 1.82) is 5.26 Å². The van der Waals surface area contributed by atoms with Crippen LogP contribution in [0.3, 0.4) is 0 Å². The Morgan fingerprint density at radius 1 is 1.19 bits per heavy atom. The number of ether oxygens (including phenoxy) is 1. The number of benzene rings is 2. The molecule has 2 saturated heterocycles. The van der Waals surface area contributed by atoms with Crippen LogP contribution in [0.5, 0.6) is 5.75 Å². The largest absolute Gasteiger partial charge is 0.493 e. The van der Waals surface area contributed by atoms with E-state index in [1.165, 1.54) is 19.1 Å². The summed E-state index contributed by atoms with van der Waals surface area (Å²) in [5, 5.41) is 9.84. The molecule has 2 fully saturated rings. The molecule has 2 aromatic rings. The molecule has 7 heteroatoms. The van der Waals surface area contributed by atoms with Crippen LogP contribution < -0.4 is 4.74 Å². The lowest BCUT2D eigenvalue weighted by molar-refractivity contribution is 0.119. The van der Waals surface area contributed by atoms with E-state index in [0.717, 1.165) is 31.4 Å². The molecule has 0 amide bonds. The molecule has 3 atom stereocenters. The quantitative estimate of drug-likeness (QED) is 0.638. The molecule has 2 aromatic carbocycles. The van der Waals surface area contributed by atoms with Crippen LogP contribution in [-0.2, 0) is 16.3 Å². The number of nitrogens with zero attached hydrogens (tertiary/aromatic N) is 2. The molecule has 0 N–H and O–H groups in total. The Hall–Kier alpha value is -2.07. The predicted molar refractivity (Wildman–Crippen MR) is 121 cm³/mol. The van der Waals surface area contributed by atoms with Gasteiger partial charge in [0.2, 0.25) is 0 Å². The van der Waals surface area contributed by atoms with E-state index < -0.39 is 9.84 Å². The van der Waals surface area contributed by atoms with Gasteiger partial charge < -0.3 is 4.74 Å². The van der Waals surface area contributed by atoms with E-state index in [4.69, 9.17) is 16.3 Å². The van der Waals surface area contributed by atoms with Gasteiger partial charge in [0.1, 0.15) is 5.75 Å². The van der Waals surface area contributed by atoms with Crippen LogP contribution >= 0.6 is 11.6 Å². The first-order chi connectivity index (χ1) is 14.8. The van der Waals surface area contributed by atoms with Crippen molar-refractivity contribution >= 4 is 21.4 Å². The number of hydrogen-bond acceptors (Lipinski definition) is 5. The highest BCUT2D eigenvalue weighted by Crippen LogP contribution is 2.36. The highest BCUT2D eigenvalue weighted by Gasteiger charge is 2.38. The van der Waals surface area contributed by atoms with Crippen LogP contribution in [0.1, 0.15) is 36.8 Å². The number of sulfone groups is 1. The van der Waals surface area contributed by atoms with E-state index in [1.807, 2.05) is 12.1 Å². The molecule has 0 aromatic heterocycles. The first-order valence-electron chi connectivity index (χ1n) is 10.7. The minimum absolute atomic E-state index is 0.307. The Morgan fingerprint density at radius 2 is 1.97 bits per heavy atom. The minimum Gasteiger partial charge on any atom is -0.493 e. The topological polar surface area (TPSA) is 70.4 Å². The number of rotatable bonds is 6. The average Bonchev–Trinajstić information content (AvgIpc) is 3.16. The molecular weight excluding hydrogens is 432 g/mol. The zero-order chi connectivity index (χ0) is 22.0. The van der Waals surface area contributed by atoms with Crippen molar-refractivity contribution in [1.82, 2.24) is 4.90 Å². The van der Waals surface area contributed by atoms with Crippen LogP contribution in [0, 0.1) is 17.2 Å². The first kappa shape index (κ1) is 22.1. The third kappa shape index (κ3) is 5.41. The highest BCUT2D eigenvalue weighted by molar-refractivity contribution is 7.90. The molecule has 0 saturated carbocycles. The van der Waals surface area contributed by atoms with E-state index in [-0.39, 0.29) is 0 Å². The van der Waals surface area contributed by atoms with Crippen molar-refractivity contribution in [2.75, 3.05) is 19.4 Å². The highest BCUT2D eigenvalue weighted by atomic mass is 35.5. The summed E-state index contributed by atoms with van der Waals surface area (Å²) < 4.78 is 29.2. The lowest BCUT2D eigenvalue weighted by Crippen LogP contribution is -2.44. The number of piperidine rings is 1. The number of halogens is 1. The molecule has 5 nitrogen and oxygen atoms in total. The molecule has 2 heterocycles. The van der Waals surface area contributed by atoms with Crippen molar-refractivity contribution in [2.45, 2.75) is 49.1 Å². The Morgan fingerprint density at radius 3 is 2.68 bits per heavy atom. The molecule has 31 heavy (non-hydrogen) atoms. The number of fused-ring (bicyclic) bond motifs is 1. The summed E-state index contributed by atoms with van der Waals surface area (Å²) in [4.78, 5) is 2.93. The summed E-state index contributed by atoms with van der Waals surface area (Å²) in [7, 11) is -3.19. The lowest BCUT2D eigenvalue weighted by Gasteiger charge is -2.38. The van der Waals surface area contributed by atoms with Gasteiger partial charge in [-0.3, -0.25) is 4.90 Å². The number of nitriles is 1. The Balaban J connectivity index is 1.37. The second-order valence-corrected chi connectivity index (χ2v) is 11.2. The van der Waals surface area contributed by atoms with Gasteiger partial charge >= 0.3 is 0 Å². The monoisotopic (exact) mass is 458 g/mol. The molecule has 1 unspecified atom stereocenters. The maximum Gasteiger partial charge on any atom is 0.175 e. The first-order valence-corrected chi connectivity index (χ1v) is 13.0. The smallest absolute Gasteiger partial charge is 0.175 e. The van der Waals surface area contributed by atoms with Gasteiger partial charge in [0, 0.05) is 35.8 Å². The van der Waals surface area contributed by atoms with Gasteiger partial charge in [-0.25, -0.2) is 8.42 Å². The van der Waals surface area contributed by atoms with Gasteiger partial charge in [0.25, 0.3) is 0 Å². The normalized spacial score (nSPS) is 23.8. The molecule has 0 aliphatic carbocycles. The van der Waals surface area contributed by atoms with Crippen LogP contribution in [0.25, 0.3) is 0 Å². The molecule has 0 bridgehead atoms. The Labute approximate surface area is 189 Å². The third-order valence-electron chi connectivity index (χ3n) is 6.38. The number of hydrogen-bond donors (Lipinski definition) is 0. The van der Waals surface area contributed by atoms with Gasteiger partial charge in [-0.05, 0) is 73.7 Å². The molecule has 2 aliphatic heterocycles. The van der Waals surface area contributed by atoms with Gasteiger partial charge in [-0.1, -0.05) is 18.0 Å². The van der Waals surface area contributed by atoms with Crippen LogP contribution in [0.2, 0.25) is 5.02 Å². The third-order valence-corrected chi connectivity index (χ3v) is 7.73. The Kier molecular flexibility index (Phi) is 6.57. The summed E-state index contributed by atoms with van der Waals surface area (Å²) in [6.45, 7) is 1.64. The van der Waals surface area contributed by atoms with Gasteiger partial charge in [-0.2, -0.15) is 5.26 Å². The van der Waals surface area contributed by atoms with Gasteiger partial charge in [0.05, 0.1) is 23.1 Å². The lowest BCUT2D eigenvalue weighted by atomic mass is 9.91. The summed E-state index contributed by atoms with van der Waals surface area (Å²) in [6.07, 6.45) is 6.83. The van der Waals surface area contributed by atoms with Crippen molar-refractivity contribution < 1.29 is 13.2 Å². The van der Waals surface area contributed by atoms with Crippen molar-refractivity contribution in [3.05, 3.63) is 58.6 Å². The summed E-state index contributed by atoms with van der Waals surface area (Å²) in [6, 6.07) is 15.5. The van der Waals surface area contributed by atoms with E-state index >= 15 is 0 Å². The second-order valence-electron chi connectivity index (χ2n) is 8.76. The van der Waals surface area contributed by atoms with Gasteiger partial charge in [0.15, 0.2) is 9.84 Å². The zero-order valence-electron chi connectivity index (χ0n) is 17.6. The molecule has 164 valence electrons. The van der Waals surface area contributed by atoms with Crippen molar-refractivity contribution in [3.63, 3.8) is 0 Å². The van der Waals surface area contributed by atoms with Crippen LogP contribution in [0.4, 0.5) is 0 Å². The van der Waals surface area contributed by atoms with Crippen LogP contribution in [-0.4, -0.2) is 44.8 Å². The molecule has 0 radical (unpaired) electrons. The predicted octanol–water partition coefficient (Wildman–Crippen LogP) is 4.48. The molecular formula is C24H27ClN2O3S. The average molecular weight is 459 g/mol. The second kappa shape index (κ2) is 9.20. The summed E-state index contributed by atoms with van der Waals surface area (Å²) in [5.41, 5.74) is 1.74. The molecule has 0 spiro atoms. The summed E-state index contributed by atoms with van der Waals surface area (Å²) >= 11 is 6.20. The zero-order valence-corrected chi connectivity index (χ0v) is 19.2. The fourth-order valence-electron chi connectivity index (χ4n) is 4.97. The summed E-state index contributed by atoms with van der Waals surface area (Å²) in [5.74, 6) is 1.16. The molecule has 4 rings (SSSR count). The fraction of sp³-hybridized carbons (Fsp3) is 0.458. The maximum absolute atomic E-state index is 11.6. The standard InChI is InChI=1S/C24H27ClN2O3S/c1-31(28,29)24-7-5-23(6-8-24)30-16-19-13-22-4-2-3-21(27(22)15-19)12-17-9-18(14-26)11-20(25)10-17/h5-11,19,21-22H,2-4,12-13,15-16H2,1H3/t19-,21-,22?/m1/s1. The molecule has 2 aliphatic rings. The maximum atomic E-state index is 11.6. The van der Waals surface area contributed by atoms with Crippen LogP contribution in [0.15, 0.2) is 47.4 Å².